The summed E-state index contributed by atoms with van der Waals surface area (Å²) in [5.41, 5.74) is 1.26. The van der Waals surface area contributed by atoms with Crippen molar-refractivity contribution in [3.05, 3.63) is 75.3 Å². The van der Waals surface area contributed by atoms with Crippen molar-refractivity contribution in [3.8, 4) is 28.4 Å². The fraction of sp³-hybridized carbons (Fsp3) is 0.182. The highest BCUT2D eigenvalue weighted by molar-refractivity contribution is 5.95. The van der Waals surface area contributed by atoms with Crippen LogP contribution in [-0.4, -0.2) is 27.9 Å². The van der Waals surface area contributed by atoms with Crippen molar-refractivity contribution in [3.63, 3.8) is 0 Å². The van der Waals surface area contributed by atoms with Crippen molar-refractivity contribution < 1.29 is 13.9 Å². The Morgan fingerprint density at radius 1 is 0.900 bits per heavy atom. The Kier molecular flexibility index (Phi) is 4.69. The highest BCUT2D eigenvalue weighted by atomic mass is 19.1. The number of hydrogen-bond donors (Lipinski definition) is 0. The van der Waals surface area contributed by atoms with Gasteiger partial charge in [-0.15, -0.1) is 0 Å². The molecule has 30 heavy (non-hydrogen) atoms. The molecule has 0 radical (unpaired) electrons. The Morgan fingerprint density at radius 2 is 1.63 bits per heavy atom. The van der Waals surface area contributed by atoms with E-state index in [2.05, 4.69) is 0 Å². The van der Waals surface area contributed by atoms with E-state index in [1.165, 1.54) is 38.0 Å². The number of halogens is 1. The van der Waals surface area contributed by atoms with Gasteiger partial charge in [0.05, 0.1) is 30.8 Å². The van der Waals surface area contributed by atoms with Crippen molar-refractivity contribution in [2.75, 3.05) is 14.2 Å². The highest BCUT2D eigenvalue weighted by Gasteiger charge is 2.21. The summed E-state index contributed by atoms with van der Waals surface area (Å²) in [6.07, 6.45) is 1.67. The van der Waals surface area contributed by atoms with Gasteiger partial charge in [0.2, 0.25) is 0 Å². The first-order valence-electron chi connectivity index (χ1n) is 9.16. The van der Waals surface area contributed by atoms with Gasteiger partial charge in [-0.3, -0.25) is 13.9 Å². The van der Waals surface area contributed by atoms with Crippen LogP contribution in [-0.2, 0) is 14.1 Å². The zero-order valence-electron chi connectivity index (χ0n) is 17.0. The Balaban J connectivity index is 2.18. The summed E-state index contributed by atoms with van der Waals surface area (Å²) in [4.78, 5) is 25.5. The molecular formula is C22H20FN3O4. The molecule has 8 heteroatoms. The van der Waals surface area contributed by atoms with Gasteiger partial charge in [-0.1, -0.05) is 6.07 Å². The van der Waals surface area contributed by atoms with Crippen LogP contribution in [0.2, 0.25) is 0 Å². The van der Waals surface area contributed by atoms with Crippen LogP contribution in [0.4, 0.5) is 4.39 Å². The molecule has 2 aromatic heterocycles. The van der Waals surface area contributed by atoms with Gasteiger partial charge in [0.1, 0.15) is 5.82 Å². The minimum Gasteiger partial charge on any atom is -0.493 e. The van der Waals surface area contributed by atoms with Crippen LogP contribution in [0, 0.1) is 5.82 Å². The van der Waals surface area contributed by atoms with Crippen LogP contribution in [0.25, 0.3) is 27.8 Å². The molecule has 0 bridgehead atoms. The maximum atomic E-state index is 14.0. The van der Waals surface area contributed by atoms with E-state index in [1.807, 2.05) is 0 Å². The zero-order chi connectivity index (χ0) is 21.6. The third-order valence-electron chi connectivity index (χ3n) is 5.18. The topological polar surface area (TPSA) is 67.4 Å². The van der Waals surface area contributed by atoms with Crippen LogP contribution >= 0.6 is 0 Å². The average molecular weight is 409 g/mol. The van der Waals surface area contributed by atoms with E-state index in [4.69, 9.17) is 9.47 Å². The minimum absolute atomic E-state index is 0.344. The molecule has 0 saturated carbocycles. The van der Waals surface area contributed by atoms with E-state index in [1.54, 1.807) is 48.1 Å². The molecule has 0 amide bonds. The van der Waals surface area contributed by atoms with E-state index in [-0.39, 0.29) is 0 Å². The number of ether oxygens (including phenoxy) is 2. The molecule has 2 heterocycles. The lowest BCUT2D eigenvalue weighted by Gasteiger charge is -2.13. The van der Waals surface area contributed by atoms with Gasteiger partial charge in [-0.05, 0) is 36.4 Å². The lowest BCUT2D eigenvalue weighted by Crippen LogP contribution is -2.36. The van der Waals surface area contributed by atoms with Gasteiger partial charge >= 0.3 is 5.69 Å². The number of fused-ring (bicyclic) bond motifs is 1. The van der Waals surface area contributed by atoms with Gasteiger partial charge in [-0.25, -0.2) is 9.18 Å². The number of rotatable bonds is 4. The summed E-state index contributed by atoms with van der Waals surface area (Å²) in [5.74, 6) is 0.608. The number of hydrogen-bond acceptors (Lipinski definition) is 4. The minimum atomic E-state index is -0.442. The molecule has 0 aliphatic carbocycles. The molecule has 0 unspecified atom stereocenters. The number of nitrogens with zero attached hydrogens (tertiary/aromatic N) is 3. The first kappa shape index (κ1) is 19.5. The number of aromatic nitrogens is 3. The quantitative estimate of drug-likeness (QED) is 0.520. The molecule has 2 aromatic carbocycles. The van der Waals surface area contributed by atoms with Crippen molar-refractivity contribution >= 4 is 10.9 Å². The molecule has 154 valence electrons. The highest BCUT2D eigenvalue weighted by Crippen LogP contribution is 2.36. The van der Waals surface area contributed by atoms with Crippen LogP contribution in [0.1, 0.15) is 0 Å². The van der Waals surface area contributed by atoms with Gasteiger partial charge < -0.3 is 14.0 Å². The van der Waals surface area contributed by atoms with Gasteiger partial charge in [0.15, 0.2) is 11.5 Å². The molecule has 7 nitrogen and oxygen atoms in total. The summed E-state index contributed by atoms with van der Waals surface area (Å²) in [6.45, 7) is 0. The van der Waals surface area contributed by atoms with Gasteiger partial charge in [0, 0.05) is 31.5 Å². The predicted octanol–water partition coefficient (Wildman–Crippen LogP) is 2.85. The third-order valence-corrected chi connectivity index (χ3v) is 5.18. The van der Waals surface area contributed by atoms with Crippen LogP contribution in [0.3, 0.4) is 0 Å². The van der Waals surface area contributed by atoms with Crippen molar-refractivity contribution in [1.29, 1.82) is 0 Å². The Bertz CT molecular complexity index is 1400. The molecule has 0 fully saturated rings. The van der Waals surface area contributed by atoms with Crippen LogP contribution in [0.15, 0.2) is 58.3 Å². The van der Waals surface area contributed by atoms with E-state index in [0.29, 0.717) is 39.3 Å². The molecule has 0 aliphatic heterocycles. The monoisotopic (exact) mass is 409 g/mol. The summed E-state index contributed by atoms with van der Waals surface area (Å²) >= 11 is 0. The second-order valence-electron chi connectivity index (χ2n) is 6.86. The molecular weight excluding hydrogens is 389 g/mol. The first-order chi connectivity index (χ1) is 14.4. The average Bonchev–Trinajstić information content (AvgIpc) is 3.16. The third kappa shape index (κ3) is 2.88. The van der Waals surface area contributed by atoms with E-state index < -0.39 is 17.1 Å². The van der Waals surface area contributed by atoms with Gasteiger partial charge in [0.25, 0.3) is 5.56 Å². The van der Waals surface area contributed by atoms with Gasteiger partial charge in [-0.2, -0.15) is 0 Å². The van der Waals surface area contributed by atoms with Crippen LogP contribution < -0.4 is 20.7 Å². The predicted molar refractivity (Wildman–Crippen MR) is 112 cm³/mol. The molecule has 0 spiro atoms. The van der Waals surface area contributed by atoms with Crippen molar-refractivity contribution in [2.24, 2.45) is 14.1 Å². The molecule has 0 saturated heterocycles. The molecule has 4 aromatic rings. The lowest BCUT2D eigenvalue weighted by molar-refractivity contribution is 0.355. The largest absolute Gasteiger partial charge is 0.493 e. The number of benzene rings is 2. The summed E-state index contributed by atoms with van der Waals surface area (Å²) in [5, 5.41) is 0.344. The molecule has 0 atom stereocenters. The Hall–Kier alpha value is -3.81. The second kappa shape index (κ2) is 7.22. The molecule has 4 rings (SSSR count). The maximum absolute atomic E-state index is 14.0. The smallest absolute Gasteiger partial charge is 0.330 e. The van der Waals surface area contributed by atoms with E-state index in [9.17, 15) is 14.0 Å². The summed E-state index contributed by atoms with van der Waals surface area (Å²) in [7, 11) is 6.09. The Morgan fingerprint density at radius 3 is 2.30 bits per heavy atom. The Labute approximate surface area is 171 Å². The fourth-order valence-corrected chi connectivity index (χ4v) is 3.64. The maximum Gasteiger partial charge on any atom is 0.330 e. The summed E-state index contributed by atoms with van der Waals surface area (Å²) < 4.78 is 28.9. The fourth-order valence-electron chi connectivity index (χ4n) is 3.64. The van der Waals surface area contributed by atoms with Crippen molar-refractivity contribution in [2.45, 2.75) is 0 Å². The molecule has 0 aliphatic rings. The number of methoxy groups -OCH3 is 2. The SMILES string of the molecule is COc1ccc(-c2c3c(=O)n(C)c(=O)n(C)c3cn2-c2cccc(F)c2)cc1OC. The zero-order valence-corrected chi connectivity index (χ0v) is 17.0. The first-order valence-corrected chi connectivity index (χ1v) is 9.16. The normalized spacial score (nSPS) is 11.1. The standard InChI is InChI=1S/C22H20FN3O4/c1-24-16-12-26(15-7-5-6-14(23)11-15)20(19(16)21(27)25(2)22(24)28)13-8-9-17(29-3)18(10-13)30-4/h5-12H,1-4H3. The number of aryl methyl sites for hydroxylation is 1. The second-order valence-corrected chi connectivity index (χ2v) is 6.86. The van der Waals surface area contributed by atoms with Crippen molar-refractivity contribution in [1.82, 2.24) is 13.7 Å². The van der Waals surface area contributed by atoms with Crippen LogP contribution in [0.5, 0.6) is 11.5 Å². The van der Waals surface area contributed by atoms with E-state index in [0.717, 1.165) is 4.57 Å². The van der Waals surface area contributed by atoms with E-state index >= 15 is 0 Å². The lowest BCUT2D eigenvalue weighted by atomic mass is 10.1. The molecule has 0 N–H and O–H groups in total. The summed E-state index contributed by atoms with van der Waals surface area (Å²) in [6, 6.07) is 11.3.